The van der Waals surface area contributed by atoms with Crippen LogP contribution in [0, 0.1) is 0 Å². The first-order chi connectivity index (χ1) is 9.58. The maximum absolute atomic E-state index is 12.4. The van der Waals surface area contributed by atoms with Gasteiger partial charge in [0.25, 0.3) is 0 Å². The van der Waals surface area contributed by atoms with Crippen LogP contribution in [0.4, 0.5) is 0 Å². The van der Waals surface area contributed by atoms with Gasteiger partial charge in [-0.1, -0.05) is 24.8 Å². The van der Waals surface area contributed by atoms with Crippen LogP contribution in [0.3, 0.4) is 0 Å². The van der Waals surface area contributed by atoms with Crippen molar-refractivity contribution in [2.75, 3.05) is 11.6 Å². The van der Waals surface area contributed by atoms with Crippen molar-refractivity contribution in [1.29, 1.82) is 0 Å². The SMILES string of the molecule is CC(C)=CC(=O)N1CSCC1C(=O)NC1CCCCC1. The number of allylic oxidation sites excluding steroid dienone is 1. The van der Waals surface area contributed by atoms with Crippen LogP contribution < -0.4 is 5.32 Å². The van der Waals surface area contributed by atoms with E-state index in [4.69, 9.17) is 0 Å². The summed E-state index contributed by atoms with van der Waals surface area (Å²) in [4.78, 5) is 26.2. The summed E-state index contributed by atoms with van der Waals surface area (Å²) in [6.07, 6.45) is 7.44. The van der Waals surface area contributed by atoms with Crippen LogP contribution in [0.15, 0.2) is 11.6 Å². The van der Waals surface area contributed by atoms with Gasteiger partial charge in [0.1, 0.15) is 6.04 Å². The number of carbonyl (C=O) groups is 2. The number of carbonyl (C=O) groups excluding carboxylic acids is 2. The lowest BCUT2D eigenvalue weighted by molar-refractivity contribution is -0.135. The Kier molecular flexibility index (Phi) is 5.52. The number of nitrogens with zero attached hydrogens (tertiary/aromatic N) is 1. The lowest BCUT2D eigenvalue weighted by atomic mass is 9.95. The predicted molar refractivity (Wildman–Crippen MR) is 82.4 cm³/mol. The third-order valence-corrected chi connectivity index (χ3v) is 4.84. The fraction of sp³-hybridized carbons (Fsp3) is 0.733. The zero-order valence-corrected chi connectivity index (χ0v) is 13.2. The molecule has 1 atom stereocenters. The summed E-state index contributed by atoms with van der Waals surface area (Å²) >= 11 is 1.65. The fourth-order valence-electron chi connectivity index (χ4n) is 2.75. The smallest absolute Gasteiger partial charge is 0.247 e. The summed E-state index contributed by atoms with van der Waals surface area (Å²) in [5.74, 6) is 1.31. The second-order valence-corrected chi connectivity index (χ2v) is 6.89. The number of rotatable bonds is 3. The molecule has 2 amide bonds. The highest BCUT2D eigenvalue weighted by atomic mass is 32.2. The van der Waals surface area contributed by atoms with Crippen LogP contribution in [0.5, 0.6) is 0 Å². The van der Waals surface area contributed by atoms with E-state index in [1.807, 2.05) is 13.8 Å². The highest BCUT2D eigenvalue weighted by Crippen LogP contribution is 2.23. The van der Waals surface area contributed by atoms with Gasteiger partial charge >= 0.3 is 0 Å². The molecule has 0 spiro atoms. The van der Waals surface area contributed by atoms with E-state index >= 15 is 0 Å². The molecule has 5 heteroatoms. The topological polar surface area (TPSA) is 49.4 Å². The molecule has 0 aromatic carbocycles. The standard InChI is InChI=1S/C15H24N2O2S/c1-11(2)8-14(18)17-10-20-9-13(17)15(19)16-12-6-4-3-5-7-12/h8,12-13H,3-7,9-10H2,1-2H3,(H,16,19). The quantitative estimate of drug-likeness (QED) is 0.813. The third-order valence-electron chi connectivity index (χ3n) is 3.83. The van der Waals surface area contributed by atoms with Gasteiger partial charge in [-0.2, -0.15) is 0 Å². The van der Waals surface area contributed by atoms with E-state index in [1.165, 1.54) is 19.3 Å². The summed E-state index contributed by atoms with van der Waals surface area (Å²) in [6, 6.07) is 0.00674. The fourth-order valence-corrected chi connectivity index (χ4v) is 3.92. The van der Waals surface area contributed by atoms with Crippen LogP contribution in [-0.4, -0.2) is 40.4 Å². The van der Waals surface area contributed by atoms with Crippen LogP contribution in [0.1, 0.15) is 46.0 Å². The average molecular weight is 296 g/mol. The number of thioether (sulfide) groups is 1. The molecule has 0 radical (unpaired) electrons. The second kappa shape index (κ2) is 7.16. The van der Waals surface area contributed by atoms with E-state index in [0.29, 0.717) is 17.7 Å². The molecule has 20 heavy (non-hydrogen) atoms. The lowest BCUT2D eigenvalue weighted by Crippen LogP contribution is -2.50. The summed E-state index contributed by atoms with van der Waals surface area (Å²) in [5, 5.41) is 3.13. The maximum Gasteiger partial charge on any atom is 0.247 e. The van der Waals surface area contributed by atoms with Gasteiger partial charge in [0.2, 0.25) is 11.8 Å². The monoisotopic (exact) mass is 296 g/mol. The third kappa shape index (κ3) is 4.01. The minimum absolute atomic E-state index is 0.0254. The Morgan fingerprint density at radius 1 is 1.20 bits per heavy atom. The van der Waals surface area contributed by atoms with Gasteiger partial charge in [-0.25, -0.2) is 0 Å². The van der Waals surface area contributed by atoms with Crippen molar-refractivity contribution in [2.45, 2.75) is 58.0 Å². The molecule has 1 N–H and O–H groups in total. The summed E-state index contributed by atoms with van der Waals surface area (Å²) < 4.78 is 0. The molecule has 0 aromatic heterocycles. The highest BCUT2D eigenvalue weighted by molar-refractivity contribution is 7.99. The largest absolute Gasteiger partial charge is 0.352 e. The van der Waals surface area contributed by atoms with Crippen LogP contribution in [-0.2, 0) is 9.59 Å². The normalized spacial score (nSPS) is 23.5. The highest BCUT2D eigenvalue weighted by Gasteiger charge is 2.34. The number of hydrogen-bond donors (Lipinski definition) is 1. The molecular formula is C15H24N2O2S. The van der Waals surface area contributed by atoms with Crippen molar-refractivity contribution in [3.63, 3.8) is 0 Å². The molecule has 1 saturated carbocycles. The van der Waals surface area contributed by atoms with Gasteiger partial charge in [-0.3, -0.25) is 9.59 Å². The van der Waals surface area contributed by atoms with Crippen molar-refractivity contribution >= 4 is 23.6 Å². The molecule has 1 aliphatic heterocycles. The Morgan fingerprint density at radius 3 is 2.55 bits per heavy atom. The lowest BCUT2D eigenvalue weighted by Gasteiger charge is -2.27. The van der Waals surface area contributed by atoms with Crippen molar-refractivity contribution in [3.8, 4) is 0 Å². The van der Waals surface area contributed by atoms with Gasteiger partial charge in [-0.05, 0) is 26.7 Å². The van der Waals surface area contributed by atoms with Gasteiger partial charge < -0.3 is 10.2 Å². The first kappa shape index (κ1) is 15.4. The Morgan fingerprint density at radius 2 is 1.90 bits per heavy atom. The molecule has 1 unspecified atom stereocenters. The number of amides is 2. The summed E-state index contributed by atoms with van der Waals surface area (Å²) in [6.45, 7) is 3.80. The van der Waals surface area contributed by atoms with Gasteiger partial charge in [0.15, 0.2) is 0 Å². The van der Waals surface area contributed by atoms with Crippen molar-refractivity contribution in [1.82, 2.24) is 10.2 Å². The Bertz CT molecular complexity index is 399. The molecule has 4 nitrogen and oxygen atoms in total. The van der Waals surface area contributed by atoms with Crippen molar-refractivity contribution in [3.05, 3.63) is 11.6 Å². The second-order valence-electron chi connectivity index (χ2n) is 5.89. The van der Waals surface area contributed by atoms with Gasteiger partial charge in [0, 0.05) is 17.9 Å². The molecular weight excluding hydrogens is 272 g/mol. The van der Waals surface area contributed by atoms with Crippen LogP contribution in [0.25, 0.3) is 0 Å². The van der Waals surface area contributed by atoms with Gasteiger partial charge in [0.05, 0.1) is 5.88 Å². The molecule has 2 aliphatic rings. The van der Waals surface area contributed by atoms with Crippen molar-refractivity contribution < 1.29 is 9.59 Å². The Labute approximate surface area is 125 Å². The maximum atomic E-state index is 12.4. The Balaban J connectivity index is 1.93. The van der Waals surface area contributed by atoms with Gasteiger partial charge in [-0.15, -0.1) is 11.8 Å². The zero-order chi connectivity index (χ0) is 14.5. The number of hydrogen-bond acceptors (Lipinski definition) is 3. The van der Waals surface area contributed by atoms with E-state index in [0.717, 1.165) is 18.4 Å². The molecule has 0 aromatic rings. The van der Waals surface area contributed by atoms with Crippen LogP contribution >= 0.6 is 11.8 Å². The molecule has 2 rings (SSSR count). The van der Waals surface area contributed by atoms with Crippen LogP contribution in [0.2, 0.25) is 0 Å². The molecule has 1 saturated heterocycles. The van der Waals surface area contributed by atoms with Crippen molar-refractivity contribution in [2.24, 2.45) is 0 Å². The van der Waals surface area contributed by atoms with E-state index in [2.05, 4.69) is 5.32 Å². The molecule has 2 fully saturated rings. The molecule has 0 bridgehead atoms. The van der Waals surface area contributed by atoms with E-state index in [9.17, 15) is 9.59 Å². The summed E-state index contributed by atoms with van der Waals surface area (Å²) in [7, 11) is 0. The average Bonchev–Trinajstić information content (AvgIpc) is 2.88. The molecule has 1 aliphatic carbocycles. The molecule has 112 valence electrons. The zero-order valence-electron chi connectivity index (χ0n) is 12.4. The minimum Gasteiger partial charge on any atom is -0.352 e. The first-order valence-electron chi connectivity index (χ1n) is 7.41. The predicted octanol–water partition coefficient (Wildman–Crippen LogP) is 2.30. The van der Waals surface area contributed by atoms with E-state index < -0.39 is 0 Å². The minimum atomic E-state index is -0.301. The first-order valence-corrected chi connectivity index (χ1v) is 8.57. The number of nitrogens with one attached hydrogen (secondary N) is 1. The van der Waals surface area contributed by atoms with E-state index in [1.54, 1.807) is 22.7 Å². The van der Waals surface area contributed by atoms with E-state index in [-0.39, 0.29) is 17.9 Å². The molecule has 1 heterocycles. The Hall–Kier alpha value is -0.970. The summed E-state index contributed by atoms with van der Waals surface area (Å²) in [5.41, 5.74) is 0.971.